The van der Waals surface area contributed by atoms with E-state index in [1.165, 1.54) is 0 Å². The van der Waals surface area contributed by atoms with Crippen molar-refractivity contribution >= 4 is 26.8 Å². The van der Waals surface area contributed by atoms with Crippen molar-refractivity contribution in [2.24, 2.45) is 0 Å². The van der Waals surface area contributed by atoms with Gasteiger partial charge in [-0.3, -0.25) is 0 Å². The van der Waals surface area contributed by atoms with Gasteiger partial charge in [0.1, 0.15) is 5.75 Å². The molecule has 68 valence electrons. The molecule has 0 spiro atoms. The van der Waals surface area contributed by atoms with E-state index in [1.807, 2.05) is 30.5 Å². The first-order valence-electron chi connectivity index (χ1n) is 4.16. The van der Waals surface area contributed by atoms with Crippen LogP contribution in [0, 0.1) is 0 Å². The fourth-order valence-electron chi connectivity index (χ4n) is 1.33. The molecule has 0 aliphatic carbocycles. The molecular formula is C10H10BrNO. The number of alkyl halides is 1. The summed E-state index contributed by atoms with van der Waals surface area (Å²) in [6.45, 7) is 0.699. The monoisotopic (exact) mass is 239 g/mol. The molecule has 0 atom stereocenters. The Morgan fingerprint density at radius 1 is 1.31 bits per heavy atom. The van der Waals surface area contributed by atoms with E-state index in [2.05, 4.69) is 20.9 Å². The molecule has 2 rings (SSSR count). The third kappa shape index (κ3) is 1.70. The lowest BCUT2D eigenvalue weighted by Gasteiger charge is -2.04. The Labute approximate surface area is 85.0 Å². The lowest BCUT2D eigenvalue weighted by atomic mass is 10.2. The van der Waals surface area contributed by atoms with Gasteiger partial charge in [0.2, 0.25) is 0 Å². The summed E-state index contributed by atoms with van der Waals surface area (Å²) in [6.07, 6.45) is 1.92. The second-order valence-electron chi connectivity index (χ2n) is 2.73. The van der Waals surface area contributed by atoms with Crippen LogP contribution in [-0.4, -0.2) is 16.9 Å². The number of rotatable bonds is 3. The average molecular weight is 240 g/mol. The maximum atomic E-state index is 5.56. The van der Waals surface area contributed by atoms with Gasteiger partial charge in [-0.15, -0.1) is 0 Å². The van der Waals surface area contributed by atoms with Crippen molar-refractivity contribution in [2.75, 3.05) is 11.9 Å². The first kappa shape index (κ1) is 8.63. The normalized spacial score (nSPS) is 10.5. The minimum atomic E-state index is 0.699. The standard InChI is InChI=1S/C10H10BrNO/c11-5-7-13-10-3-1-2-9-8(10)4-6-12-9/h1-4,6,12H,5,7H2. The zero-order chi connectivity index (χ0) is 9.10. The fraction of sp³-hybridized carbons (Fsp3) is 0.200. The Morgan fingerprint density at radius 3 is 3.08 bits per heavy atom. The van der Waals surface area contributed by atoms with E-state index < -0.39 is 0 Å². The van der Waals surface area contributed by atoms with Gasteiger partial charge in [-0.05, 0) is 18.2 Å². The van der Waals surface area contributed by atoms with Crippen LogP contribution in [0.3, 0.4) is 0 Å². The second-order valence-corrected chi connectivity index (χ2v) is 3.53. The van der Waals surface area contributed by atoms with Crippen molar-refractivity contribution in [3.63, 3.8) is 0 Å². The van der Waals surface area contributed by atoms with Crippen LogP contribution in [0.4, 0.5) is 0 Å². The van der Waals surface area contributed by atoms with E-state index >= 15 is 0 Å². The summed E-state index contributed by atoms with van der Waals surface area (Å²) in [5.74, 6) is 0.943. The summed E-state index contributed by atoms with van der Waals surface area (Å²) in [5, 5.41) is 2.00. The van der Waals surface area contributed by atoms with Crippen LogP contribution in [0.2, 0.25) is 0 Å². The number of fused-ring (bicyclic) bond motifs is 1. The highest BCUT2D eigenvalue weighted by atomic mass is 79.9. The summed E-state index contributed by atoms with van der Waals surface area (Å²) in [4.78, 5) is 3.14. The minimum Gasteiger partial charge on any atom is -0.492 e. The van der Waals surface area contributed by atoms with Gasteiger partial charge in [0.25, 0.3) is 0 Å². The highest BCUT2D eigenvalue weighted by Crippen LogP contribution is 2.24. The molecule has 13 heavy (non-hydrogen) atoms. The fourth-order valence-corrected chi connectivity index (χ4v) is 1.49. The summed E-state index contributed by atoms with van der Waals surface area (Å²) in [7, 11) is 0. The topological polar surface area (TPSA) is 25.0 Å². The van der Waals surface area contributed by atoms with E-state index in [0.29, 0.717) is 6.61 Å². The van der Waals surface area contributed by atoms with Gasteiger partial charge in [-0.2, -0.15) is 0 Å². The predicted molar refractivity (Wildman–Crippen MR) is 57.6 cm³/mol. The quantitative estimate of drug-likeness (QED) is 0.819. The van der Waals surface area contributed by atoms with Crippen molar-refractivity contribution in [2.45, 2.75) is 0 Å². The first-order valence-corrected chi connectivity index (χ1v) is 5.29. The van der Waals surface area contributed by atoms with Crippen LogP contribution in [0.15, 0.2) is 30.5 Å². The second kappa shape index (κ2) is 3.83. The number of nitrogens with one attached hydrogen (secondary N) is 1. The Bertz CT molecular complexity index is 396. The highest BCUT2D eigenvalue weighted by molar-refractivity contribution is 9.09. The Balaban J connectivity index is 2.37. The maximum absolute atomic E-state index is 5.56. The Morgan fingerprint density at radius 2 is 2.23 bits per heavy atom. The molecule has 0 radical (unpaired) electrons. The van der Waals surface area contributed by atoms with Crippen molar-refractivity contribution in [3.05, 3.63) is 30.5 Å². The van der Waals surface area contributed by atoms with Gasteiger partial charge in [-0.1, -0.05) is 22.0 Å². The molecule has 2 nitrogen and oxygen atoms in total. The molecule has 0 aliphatic heterocycles. The minimum absolute atomic E-state index is 0.699. The van der Waals surface area contributed by atoms with Crippen LogP contribution < -0.4 is 4.74 Å². The number of halogens is 1. The first-order chi connectivity index (χ1) is 6.42. The van der Waals surface area contributed by atoms with E-state index in [1.54, 1.807) is 0 Å². The Kier molecular flexibility index (Phi) is 2.54. The van der Waals surface area contributed by atoms with Gasteiger partial charge in [0, 0.05) is 22.4 Å². The number of benzene rings is 1. The van der Waals surface area contributed by atoms with Gasteiger partial charge < -0.3 is 9.72 Å². The molecule has 2 aromatic rings. The molecule has 1 N–H and O–H groups in total. The number of ether oxygens (including phenoxy) is 1. The Hall–Kier alpha value is -0.960. The number of aromatic amines is 1. The van der Waals surface area contributed by atoms with E-state index in [9.17, 15) is 0 Å². The van der Waals surface area contributed by atoms with Crippen molar-refractivity contribution in [3.8, 4) is 5.75 Å². The average Bonchev–Trinajstić information content (AvgIpc) is 2.62. The third-order valence-electron chi connectivity index (χ3n) is 1.89. The summed E-state index contributed by atoms with van der Waals surface area (Å²) in [6, 6.07) is 8.04. The molecule has 0 saturated carbocycles. The van der Waals surface area contributed by atoms with Gasteiger partial charge in [0.15, 0.2) is 0 Å². The molecule has 0 bridgehead atoms. The molecule has 1 aromatic heterocycles. The zero-order valence-electron chi connectivity index (χ0n) is 7.09. The van der Waals surface area contributed by atoms with Crippen LogP contribution in [-0.2, 0) is 0 Å². The predicted octanol–water partition coefficient (Wildman–Crippen LogP) is 2.94. The lowest BCUT2D eigenvalue weighted by molar-refractivity contribution is 0.349. The lowest BCUT2D eigenvalue weighted by Crippen LogP contribution is -1.97. The van der Waals surface area contributed by atoms with Crippen LogP contribution in [0.25, 0.3) is 10.9 Å². The van der Waals surface area contributed by atoms with E-state index in [4.69, 9.17) is 4.74 Å². The van der Waals surface area contributed by atoms with Gasteiger partial charge in [-0.25, -0.2) is 0 Å². The molecular weight excluding hydrogens is 230 g/mol. The summed E-state index contributed by atoms with van der Waals surface area (Å²) in [5.41, 5.74) is 1.12. The molecule has 0 amide bonds. The van der Waals surface area contributed by atoms with Crippen molar-refractivity contribution in [1.29, 1.82) is 0 Å². The molecule has 3 heteroatoms. The van der Waals surface area contributed by atoms with Crippen molar-refractivity contribution in [1.82, 2.24) is 4.98 Å². The van der Waals surface area contributed by atoms with E-state index in [-0.39, 0.29) is 0 Å². The number of H-pyrrole nitrogens is 1. The molecule has 0 unspecified atom stereocenters. The highest BCUT2D eigenvalue weighted by Gasteiger charge is 2.00. The van der Waals surface area contributed by atoms with Gasteiger partial charge >= 0.3 is 0 Å². The molecule has 0 aliphatic rings. The van der Waals surface area contributed by atoms with Crippen LogP contribution in [0.1, 0.15) is 0 Å². The van der Waals surface area contributed by atoms with Crippen LogP contribution in [0.5, 0.6) is 5.75 Å². The van der Waals surface area contributed by atoms with E-state index in [0.717, 1.165) is 22.0 Å². The molecule has 1 heterocycles. The molecule has 0 fully saturated rings. The summed E-state index contributed by atoms with van der Waals surface area (Å²) < 4.78 is 5.56. The molecule has 0 saturated heterocycles. The maximum Gasteiger partial charge on any atom is 0.128 e. The smallest absolute Gasteiger partial charge is 0.128 e. The molecule has 1 aromatic carbocycles. The number of hydrogen-bond donors (Lipinski definition) is 1. The largest absolute Gasteiger partial charge is 0.492 e. The van der Waals surface area contributed by atoms with Gasteiger partial charge in [0.05, 0.1) is 6.61 Å². The van der Waals surface area contributed by atoms with Crippen LogP contribution >= 0.6 is 15.9 Å². The number of aromatic nitrogens is 1. The zero-order valence-corrected chi connectivity index (χ0v) is 8.67. The summed E-state index contributed by atoms with van der Waals surface area (Å²) >= 11 is 3.33. The number of hydrogen-bond acceptors (Lipinski definition) is 1. The third-order valence-corrected chi connectivity index (χ3v) is 2.21. The van der Waals surface area contributed by atoms with Crippen molar-refractivity contribution < 1.29 is 4.74 Å². The SMILES string of the molecule is BrCCOc1cccc2[nH]ccc12.